The van der Waals surface area contributed by atoms with Gasteiger partial charge in [0, 0.05) is 45.6 Å². The van der Waals surface area contributed by atoms with Gasteiger partial charge in [0.05, 0.1) is 0 Å². The standard InChI is InChI=1S/C11H21N3O2.ClH/c1-2-13-10(15)4-3-5-11(16)14-8-6-12-7-9-14;/h12H,2-9H2,1H3,(H,13,15);1H. The van der Waals surface area contributed by atoms with Gasteiger partial charge < -0.3 is 15.5 Å². The van der Waals surface area contributed by atoms with Gasteiger partial charge in [-0.3, -0.25) is 9.59 Å². The summed E-state index contributed by atoms with van der Waals surface area (Å²) in [6.07, 6.45) is 1.58. The summed E-state index contributed by atoms with van der Waals surface area (Å²) in [5.74, 6) is 0.210. The number of nitrogens with zero attached hydrogens (tertiary/aromatic N) is 1. The summed E-state index contributed by atoms with van der Waals surface area (Å²) in [4.78, 5) is 24.7. The zero-order chi connectivity index (χ0) is 11.8. The number of carbonyl (C=O) groups is 2. The Morgan fingerprint density at radius 1 is 1.24 bits per heavy atom. The molecule has 0 aromatic carbocycles. The second-order valence-electron chi connectivity index (χ2n) is 3.94. The van der Waals surface area contributed by atoms with Gasteiger partial charge in [-0.2, -0.15) is 0 Å². The van der Waals surface area contributed by atoms with Crippen molar-refractivity contribution in [1.29, 1.82) is 0 Å². The Hall–Kier alpha value is -0.810. The van der Waals surface area contributed by atoms with Crippen molar-refractivity contribution in [1.82, 2.24) is 15.5 Å². The maximum absolute atomic E-state index is 11.7. The van der Waals surface area contributed by atoms with Crippen LogP contribution in [0.1, 0.15) is 26.2 Å². The van der Waals surface area contributed by atoms with Gasteiger partial charge in [-0.1, -0.05) is 0 Å². The Labute approximate surface area is 109 Å². The molecule has 0 spiro atoms. The summed E-state index contributed by atoms with van der Waals surface area (Å²) in [5.41, 5.74) is 0. The third-order valence-corrected chi connectivity index (χ3v) is 2.64. The molecule has 0 atom stereocenters. The fourth-order valence-electron chi connectivity index (χ4n) is 1.76. The summed E-state index contributed by atoms with van der Waals surface area (Å²) in [6, 6.07) is 0. The van der Waals surface area contributed by atoms with Crippen LogP contribution in [0, 0.1) is 0 Å². The molecule has 1 saturated heterocycles. The van der Waals surface area contributed by atoms with E-state index in [1.165, 1.54) is 0 Å². The largest absolute Gasteiger partial charge is 0.356 e. The van der Waals surface area contributed by atoms with Crippen LogP contribution in [-0.2, 0) is 9.59 Å². The number of piperazine rings is 1. The lowest BCUT2D eigenvalue weighted by molar-refractivity contribution is -0.132. The molecule has 0 radical (unpaired) electrons. The van der Waals surface area contributed by atoms with E-state index in [0.717, 1.165) is 26.2 Å². The molecule has 6 heteroatoms. The highest BCUT2D eigenvalue weighted by Crippen LogP contribution is 2.02. The molecule has 0 aromatic rings. The van der Waals surface area contributed by atoms with Crippen LogP contribution in [0.4, 0.5) is 0 Å². The molecule has 2 amide bonds. The van der Waals surface area contributed by atoms with Gasteiger partial charge in [-0.05, 0) is 13.3 Å². The smallest absolute Gasteiger partial charge is 0.222 e. The normalized spacial score (nSPS) is 15.0. The second kappa shape index (κ2) is 9.24. The van der Waals surface area contributed by atoms with E-state index >= 15 is 0 Å². The second-order valence-corrected chi connectivity index (χ2v) is 3.94. The van der Waals surface area contributed by atoms with Gasteiger partial charge in [0.25, 0.3) is 0 Å². The number of hydrogen-bond acceptors (Lipinski definition) is 3. The van der Waals surface area contributed by atoms with Gasteiger partial charge in [0.1, 0.15) is 0 Å². The Morgan fingerprint density at radius 2 is 1.88 bits per heavy atom. The SMILES string of the molecule is CCNC(=O)CCCC(=O)N1CCNCC1.Cl. The molecule has 1 rings (SSSR count). The van der Waals surface area contributed by atoms with Crippen LogP contribution in [0.25, 0.3) is 0 Å². The van der Waals surface area contributed by atoms with Crippen molar-refractivity contribution in [3.63, 3.8) is 0 Å². The summed E-state index contributed by atoms with van der Waals surface area (Å²) < 4.78 is 0. The highest BCUT2D eigenvalue weighted by Gasteiger charge is 2.15. The topological polar surface area (TPSA) is 61.4 Å². The van der Waals surface area contributed by atoms with E-state index < -0.39 is 0 Å². The molecule has 0 saturated carbocycles. The average molecular weight is 264 g/mol. The molecule has 17 heavy (non-hydrogen) atoms. The number of rotatable bonds is 5. The first-order valence-electron chi connectivity index (χ1n) is 5.99. The van der Waals surface area contributed by atoms with Crippen molar-refractivity contribution in [2.75, 3.05) is 32.7 Å². The molecule has 2 N–H and O–H groups in total. The molecule has 0 aliphatic carbocycles. The molecule has 1 fully saturated rings. The number of carbonyl (C=O) groups excluding carboxylic acids is 2. The Kier molecular flexibility index (Phi) is 8.80. The van der Waals surface area contributed by atoms with Crippen molar-refractivity contribution in [2.24, 2.45) is 0 Å². The van der Waals surface area contributed by atoms with Crippen molar-refractivity contribution in [3.8, 4) is 0 Å². The van der Waals surface area contributed by atoms with Gasteiger partial charge in [0.15, 0.2) is 0 Å². The van der Waals surface area contributed by atoms with Gasteiger partial charge in [0.2, 0.25) is 11.8 Å². The summed E-state index contributed by atoms with van der Waals surface area (Å²) in [6.45, 7) is 5.89. The average Bonchev–Trinajstić information content (AvgIpc) is 2.30. The minimum Gasteiger partial charge on any atom is -0.356 e. The molecular formula is C11H22ClN3O2. The lowest BCUT2D eigenvalue weighted by atomic mass is 10.2. The van der Waals surface area contributed by atoms with Crippen LogP contribution in [0.2, 0.25) is 0 Å². The van der Waals surface area contributed by atoms with Crippen molar-refractivity contribution >= 4 is 24.2 Å². The molecule has 1 aliphatic rings. The quantitative estimate of drug-likeness (QED) is 0.742. The fraction of sp³-hybridized carbons (Fsp3) is 0.818. The third-order valence-electron chi connectivity index (χ3n) is 2.64. The Balaban J connectivity index is 0.00000256. The fourth-order valence-corrected chi connectivity index (χ4v) is 1.76. The minimum atomic E-state index is 0. The summed E-state index contributed by atoms with van der Waals surface area (Å²) >= 11 is 0. The van der Waals surface area contributed by atoms with Crippen LogP contribution in [0.3, 0.4) is 0 Å². The Bertz CT molecular complexity index is 243. The zero-order valence-electron chi connectivity index (χ0n) is 10.3. The first kappa shape index (κ1) is 16.2. The van der Waals surface area contributed by atoms with E-state index in [0.29, 0.717) is 25.8 Å². The van der Waals surface area contributed by atoms with Crippen LogP contribution in [0.5, 0.6) is 0 Å². The van der Waals surface area contributed by atoms with E-state index in [1.54, 1.807) is 0 Å². The van der Waals surface area contributed by atoms with Crippen molar-refractivity contribution in [3.05, 3.63) is 0 Å². The third kappa shape index (κ3) is 6.48. The predicted molar refractivity (Wildman–Crippen MR) is 69.2 cm³/mol. The van der Waals surface area contributed by atoms with Crippen molar-refractivity contribution in [2.45, 2.75) is 26.2 Å². The Morgan fingerprint density at radius 3 is 2.47 bits per heavy atom. The maximum atomic E-state index is 11.7. The molecule has 1 heterocycles. The van der Waals surface area contributed by atoms with E-state index in [1.807, 2.05) is 11.8 Å². The number of amides is 2. The van der Waals surface area contributed by atoms with E-state index in [9.17, 15) is 9.59 Å². The monoisotopic (exact) mass is 263 g/mol. The van der Waals surface area contributed by atoms with E-state index in [-0.39, 0.29) is 24.2 Å². The van der Waals surface area contributed by atoms with Crippen LogP contribution in [-0.4, -0.2) is 49.4 Å². The molecule has 0 unspecified atom stereocenters. The zero-order valence-corrected chi connectivity index (χ0v) is 11.1. The summed E-state index contributed by atoms with van der Waals surface area (Å²) in [5, 5.41) is 5.93. The van der Waals surface area contributed by atoms with Crippen LogP contribution >= 0.6 is 12.4 Å². The highest BCUT2D eigenvalue weighted by atomic mass is 35.5. The first-order chi connectivity index (χ1) is 7.74. The van der Waals surface area contributed by atoms with E-state index in [4.69, 9.17) is 0 Å². The number of nitrogens with one attached hydrogen (secondary N) is 2. The maximum Gasteiger partial charge on any atom is 0.222 e. The number of halogens is 1. The van der Waals surface area contributed by atoms with Gasteiger partial charge in [-0.25, -0.2) is 0 Å². The lowest BCUT2D eigenvalue weighted by Crippen LogP contribution is -2.46. The van der Waals surface area contributed by atoms with Gasteiger partial charge in [-0.15, -0.1) is 12.4 Å². The van der Waals surface area contributed by atoms with Gasteiger partial charge >= 0.3 is 0 Å². The predicted octanol–water partition coefficient (Wildman–Crippen LogP) is 0.146. The number of hydrogen-bond donors (Lipinski definition) is 2. The van der Waals surface area contributed by atoms with E-state index in [2.05, 4.69) is 10.6 Å². The lowest BCUT2D eigenvalue weighted by Gasteiger charge is -2.27. The van der Waals surface area contributed by atoms with Crippen LogP contribution < -0.4 is 10.6 Å². The molecular weight excluding hydrogens is 242 g/mol. The molecule has 5 nitrogen and oxygen atoms in total. The minimum absolute atomic E-state index is 0. The molecule has 0 aromatic heterocycles. The highest BCUT2D eigenvalue weighted by molar-refractivity contribution is 5.85. The van der Waals surface area contributed by atoms with Crippen LogP contribution in [0.15, 0.2) is 0 Å². The first-order valence-corrected chi connectivity index (χ1v) is 5.99. The molecule has 1 aliphatic heterocycles. The summed E-state index contributed by atoms with van der Waals surface area (Å²) in [7, 11) is 0. The molecule has 100 valence electrons. The molecule has 0 bridgehead atoms. The van der Waals surface area contributed by atoms with Crippen molar-refractivity contribution < 1.29 is 9.59 Å².